The van der Waals surface area contributed by atoms with Gasteiger partial charge in [0.25, 0.3) is 0 Å². The fourth-order valence-electron chi connectivity index (χ4n) is 3.40. The second-order valence-corrected chi connectivity index (χ2v) is 9.54. The summed E-state index contributed by atoms with van der Waals surface area (Å²) in [6.45, 7) is 1.90. The summed E-state index contributed by atoms with van der Waals surface area (Å²) in [4.78, 5) is 21.2. The number of fused-ring (bicyclic) bond motifs is 1. The third-order valence-electron chi connectivity index (χ3n) is 5.07. The topological polar surface area (TPSA) is 63.1 Å². The lowest BCUT2D eigenvalue weighted by Crippen LogP contribution is -2.03. The van der Waals surface area contributed by atoms with Crippen LogP contribution < -0.4 is 0 Å². The first kappa shape index (κ1) is 22.4. The SMILES string of the molecule is Cc1nc(-c2ccc(C(F)(F)F)cc2)sc1CCc1nc2cccc(CCC(=O)O)c2s1. The predicted octanol–water partition coefficient (Wildman–Crippen LogP) is 6.55. The molecule has 0 saturated carbocycles. The number of thiazole rings is 2. The van der Waals surface area contributed by atoms with Gasteiger partial charge in [-0.25, -0.2) is 9.97 Å². The highest BCUT2D eigenvalue weighted by molar-refractivity contribution is 7.18. The van der Waals surface area contributed by atoms with Gasteiger partial charge in [0.15, 0.2) is 0 Å². The minimum atomic E-state index is -4.35. The number of carboxylic acids is 1. The number of aryl methyl sites for hydroxylation is 4. The maximum atomic E-state index is 12.8. The van der Waals surface area contributed by atoms with Gasteiger partial charge in [0, 0.05) is 23.3 Å². The zero-order valence-corrected chi connectivity index (χ0v) is 18.7. The molecule has 0 fully saturated rings. The van der Waals surface area contributed by atoms with Crippen molar-refractivity contribution in [2.45, 2.75) is 38.8 Å². The lowest BCUT2D eigenvalue weighted by molar-refractivity contribution is -0.138. The van der Waals surface area contributed by atoms with E-state index in [0.29, 0.717) is 23.4 Å². The summed E-state index contributed by atoms with van der Waals surface area (Å²) in [5, 5.41) is 10.6. The van der Waals surface area contributed by atoms with E-state index in [1.54, 1.807) is 11.3 Å². The van der Waals surface area contributed by atoms with Crippen molar-refractivity contribution in [1.82, 2.24) is 9.97 Å². The minimum Gasteiger partial charge on any atom is -0.481 e. The van der Waals surface area contributed by atoms with E-state index in [1.165, 1.54) is 23.5 Å². The molecule has 4 aromatic rings. The fraction of sp³-hybridized carbons (Fsp3) is 0.261. The zero-order valence-electron chi connectivity index (χ0n) is 17.1. The lowest BCUT2D eigenvalue weighted by atomic mass is 10.1. The van der Waals surface area contributed by atoms with Gasteiger partial charge >= 0.3 is 12.1 Å². The van der Waals surface area contributed by atoms with Crippen molar-refractivity contribution in [3.05, 3.63) is 69.2 Å². The van der Waals surface area contributed by atoms with E-state index in [4.69, 9.17) is 10.1 Å². The van der Waals surface area contributed by atoms with Crippen LogP contribution in [0.5, 0.6) is 0 Å². The summed E-state index contributed by atoms with van der Waals surface area (Å²) >= 11 is 3.07. The number of aromatic nitrogens is 2. The number of carboxylic acid groups (broad SMARTS) is 1. The number of hydrogen-bond donors (Lipinski definition) is 1. The second kappa shape index (κ2) is 8.99. The molecule has 0 unspecified atom stereocenters. The molecule has 4 nitrogen and oxygen atoms in total. The monoisotopic (exact) mass is 476 g/mol. The molecular formula is C23H19F3N2O2S2. The van der Waals surface area contributed by atoms with E-state index in [2.05, 4.69) is 4.98 Å². The van der Waals surface area contributed by atoms with Crippen LogP contribution >= 0.6 is 22.7 Å². The Morgan fingerprint density at radius 3 is 2.44 bits per heavy atom. The normalized spacial score (nSPS) is 11.9. The first-order valence-electron chi connectivity index (χ1n) is 9.94. The van der Waals surface area contributed by atoms with E-state index >= 15 is 0 Å². The summed E-state index contributed by atoms with van der Waals surface area (Å²) in [5.41, 5.74) is 2.73. The summed E-state index contributed by atoms with van der Waals surface area (Å²) in [6.07, 6.45) is -2.35. The Labute approximate surface area is 190 Å². The Morgan fingerprint density at radius 2 is 1.75 bits per heavy atom. The summed E-state index contributed by atoms with van der Waals surface area (Å²) < 4.78 is 39.4. The van der Waals surface area contributed by atoms with Crippen LogP contribution in [0.1, 0.15) is 33.1 Å². The van der Waals surface area contributed by atoms with Crippen molar-refractivity contribution in [2.24, 2.45) is 0 Å². The zero-order chi connectivity index (χ0) is 22.9. The molecule has 0 saturated heterocycles. The molecule has 9 heteroatoms. The number of alkyl halides is 3. The van der Waals surface area contributed by atoms with Gasteiger partial charge in [-0.1, -0.05) is 24.3 Å². The summed E-state index contributed by atoms with van der Waals surface area (Å²) in [6, 6.07) is 10.8. The Balaban J connectivity index is 1.49. The minimum absolute atomic E-state index is 0.0825. The number of aliphatic carboxylic acids is 1. The van der Waals surface area contributed by atoms with E-state index in [-0.39, 0.29) is 6.42 Å². The fourth-order valence-corrected chi connectivity index (χ4v) is 5.57. The van der Waals surface area contributed by atoms with Crippen LogP contribution in [0.25, 0.3) is 20.8 Å². The largest absolute Gasteiger partial charge is 0.481 e. The van der Waals surface area contributed by atoms with Crippen molar-refractivity contribution in [3.8, 4) is 10.6 Å². The van der Waals surface area contributed by atoms with Gasteiger partial charge in [-0.05, 0) is 43.5 Å². The van der Waals surface area contributed by atoms with Crippen molar-refractivity contribution in [2.75, 3.05) is 0 Å². The van der Waals surface area contributed by atoms with Crippen LogP contribution in [0.15, 0.2) is 42.5 Å². The number of halogens is 3. The van der Waals surface area contributed by atoms with E-state index in [9.17, 15) is 18.0 Å². The molecule has 1 N–H and O–H groups in total. The van der Waals surface area contributed by atoms with Crippen LogP contribution in [0.3, 0.4) is 0 Å². The van der Waals surface area contributed by atoms with Gasteiger partial charge in [-0.3, -0.25) is 4.79 Å². The molecule has 0 spiro atoms. The van der Waals surface area contributed by atoms with Crippen LogP contribution in [-0.4, -0.2) is 21.0 Å². The molecule has 166 valence electrons. The standard InChI is InChI=1S/C23H19F3N2O2S2/c1-13-18(31-22(27-13)15-5-8-16(9-6-15)23(24,25)26)10-11-19-28-17-4-2-3-14(21(17)32-19)7-12-20(29)30/h2-6,8-9H,7,10-12H2,1H3,(H,29,30). The maximum absolute atomic E-state index is 12.8. The molecule has 2 heterocycles. The number of benzene rings is 2. The molecule has 0 aliphatic carbocycles. The van der Waals surface area contributed by atoms with E-state index < -0.39 is 17.7 Å². The van der Waals surface area contributed by atoms with Crippen LogP contribution in [-0.2, 0) is 30.2 Å². The lowest BCUT2D eigenvalue weighted by Gasteiger charge is -2.06. The Kier molecular flexibility index (Phi) is 6.30. The highest BCUT2D eigenvalue weighted by Crippen LogP contribution is 2.34. The molecule has 0 amide bonds. The maximum Gasteiger partial charge on any atom is 0.416 e. The third-order valence-corrected chi connectivity index (χ3v) is 7.54. The summed E-state index contributed by atoms with van der Waals surface area (Å²) in [7, 11) is 0. The van der Waals surface area contributed by atoms with E-state index in [1.807, 2.05) is 25.1 Å². The van der Waals surface area contributed by atoms with Gasteiger partial charge in [0.2, 0.25) is 0 Å². The Morgan fingerprint density at radius 1 is 1.00 bits per heavy atom. The van der Waals surface area contributed by atoms with Crippen molar-refractivity contribution in [1.29, 1.82) is 0 Å². The predicted molar refractivity (Wildman–Crippen MR) is 120 cm³/mol. The van der Waals surface area contributed by atoms with Gasteiger partial charge in [0.1, 0.15) is 5.01 Å². The molecule has 0 atom stereocenters. The van der Waals surface area contributed by atoms with Crippen molar-refractivity contribution < 1.29 is 23.1 Å². The van der Waals surface area contributed by atoms with Crippen molar-refractivity contribution in [3.63, 3.8) is 0 Å². The third kappa shape index (κ3) is 4.99. The number of hydrogen-bond acceptors (Lipinski definition) is 5. The molecule has 0 aliphatic heterocycles. The highest BCUT2D eigenvalue weighted by Gasteiger charge is 2.30. The smallest absolute Gasteiger partial charge is 0.416 e. The molecule has 4 rings (SSSR count). The van der Waals surface area contributed by atoms with Gasteiger partial charge in [0.05, 0.1) is 26.5 Å². The van der Waals surface area contributed by atoms with Gasteiger partial charge in [-0.2, -0.15) is 13.2 Å². The Hall–Kier alpha value is -2.78. The van der Waals surface area contributed by atoms with Crippen LogP contribution in [0.2, 0.25) is 0 Å². The number of nitrogens with zero attached hydrogens (tertiary/aromatic N) is 2. The molecule has 32 heavy (non-hydrogen) atoms. The quantitative estimate of drug-likeness (QED) is 0.329. The van der Waals surface area contributed by atoms with Crippen LogP contribution in [0, 0.1) is 6.92 Å². The average molecular weight is 477 g/mol. The number of rotatable bonds is 7. The van der Waals surface area contributed by atoms with Gasteiger partial charge < -0.3 is 5.11 Å². The first-order chi connectivity index (χ1) is 15.2. The molecule has 2 aromatic carbocycles. The molecule has 0 bridgehead atoms. The average Bonchev–Trinajstić information content (AvgIpc) is 3.33. The highest BCUT2D eigenvalue weighted by atomic mass is 32.1. The van der Waals surface area contributed by atoms with Gasteiger partial charge in [-0.15, -0.1) is 22.7 Å². The summed E-state index contributed by atoms with van der Waals surface area (Å²) in [5.74, 6) is -0.823. The molecule has 0 aliphatic rings. The molecule has 0 radical (unpaired) electrons. The number of carbonyl (C=O) groups is 1. The van der Waals surface area contributed by atoms with Crippen LogP contribution in [0.4, 0.5) is 13.2 Å². The molecule has 2 aromatic heterocycles. The molecular weight excluding hydrogens is 457 g/mol. The second-order valence-electron chi connectivity index (χ2n) is 7.37. The first-order valence-corrected chi connectivity index (χ1v) is 11.6. The van der Waals surface area contributed by atoms with Crippen molar-refractivity contribution >= 4 is 38.9 Å². The Bertz CT molecular complexity index is 1260. The van der Waals surface area contributed by atoms with E-state index in [0.717, 1.165) is 49.9 Å².